The molecule has 0 unspecified atom stereocenters. The Morgan fingerprint density at radius 3 is 2.39 bits per heavy atom. The number of nitrogens with zero attached hydrogens (tertiary/aromatic N) is 1. The number of esters is 2. The summed E-state index contributed by atoms with van der Waals surface area (Å²) in [6.45, 7) is 0.484. The van der Waals surface area contributed by atoms with Crippen LogP contribution < -0.4 is 4.90 Å². The standard InChI is InChI=1S/C12H13NO5/c1-16-6-13(7-17-2)9-5-3-4-8-10(9)12(15)18-11(8)14/h3-5H,6-7H2,1-2H3. The van der Waals surface area contributed by atoms with Crippen LogP contribution in [-0.2, 0) is 14.2 Å². The van der Waals surface area contributed by atoms with E-state index in [1.165, 1.54) is 14.2 Å². The predicted octanol–water partition coefficient (Wildman–Crippen LogP) is 1.01. The average Bonchev–Trinajstić information content (AvgIpc) is 2.65. The van der Waals surface area contributed by atoms with E-state index in [1.54, 1.807) is 23.1 Å². The lowest BCUT2D eigenvalue weighted by atomic mass is 10.1. The number of fused-ring (bicyclic) bond motifs is 1. The van der Waals surface area contributed by atoms with Crippen LogP contribution in [0.25, 0.3) is 0 Å². The molecule has 18 heavy (non-hydrogen) atoms. The number of carbonyl (C=O) groups excluding carboxylic acids is 2. The minimum Gasteiger partial charge on any atom is -0.386 e. The fourth-order valence-corrected chi connectivity index (χ4v) is 1.87. The number of hydrogen-bond acceptors (Lipinski definition) is 6. The summed E-state index contributed by atoms with van der Waals surface area (Å²) < 4.78 is 14.7. The van der Waals surface area contributed by atoms with Crippen molar-refractivity contribution in [2.45, 2.75) is 0 Å². The second-order valence-electron chi connectivity index (χ2n) is 3.75. The summed E-state index contributed by atoms with van der Waals surface area (Å²) in [6.07, 6.45) is 0. The second-order valence-corrected chi connectivity index (χ2v) is 3.75. The van der Waals surface area contributed by atoms with Crippen LogP contribution in [0.2, 0.25) is 0 Å². The Labute approximate surface area is 104 Å². The van der Waals surface area contributed by atoms with Crippen LogP contribution in [0.15, 0.2) is 18.2 Å². The van der Waals surface area contributed by atoms with Gasteiger partial charge in [-0.2, -0.15) is 0 Å². The minimum atomic E-state index is -0.636. The molecule has 1 aliphatic heterocycles. The first-order valence-electron chi connectivity index (χ1n) is 5.31. The predicted molar refractivity (Wildman–Crippen MR) is 62.4 cm³/mol. The van der Waals surface area contributed by atoms with Crippen molar-refractivity contribution in [3.05, 3.63) is 29.3 Å². The van der Waals surface area contributed by atoms with E-state index in [0.717, 1.165) is 0 Å². The van der Waals surface area contributed by atoms with Crippen LogP contribution in [0, 0.1) is 0 Å². The molecule has 0 amide bonds. The van der Waals surface area contributed by atoms with E-state index >= 15 is 0 Å². The lowest BCUT2D eigenvalue weighted by molar-refractivity contribution is 0.0444. The van der Waals surface area contributed by atoms with Crippen molar-refractivity contribution in [3.63, 3.8) is 0 Å². The van der Waals surface area contributed by atoms with Crippen molar-refractivity contribution in [2.24, 2.45) is 0 Å². The summed E-state index contributed by atoms with van der Waals surface area (Å²) in [5.74, 6) is -1.26. The number of hydrogen-bond donors (Lipinski definition) is 0. The van der Waals surface area contributed by atoms with Crippen molar-refractivity contribution >= 4 is 17.6 Å². The first-order valence-corrected chi connectivity index (χ1v) is 5.31. The van der Waals surface area contributed by atoms with Crippen molar-refractivity contribution in [1.29, 1.82) is 0 Å². The van der Waals surface area contributed by atoms with Crippen molar-refractivity contribution < 1.29 is 23.8 Å². The van der Waals surface area contributed by atoms with Gasteiger partial charge in [-0.25, -0.2) is 9.59 Å². The number of benzene rings is 1. The van der Waals surface area contributed by atoms with Gasteiger partial charge in [-0.05, 0) is 12.1 Å². The lowest BCUT2D eigenvalue weighted by Crippen LogP contribution is -2.29. The molecular formula is C12H13NO5. The highest BCUT2D eigenvalue weighted by Gasteiger charge is 2.33. The van der Waals surface area contributed by atoms with Gasteiger partial charge in [0.25, 0.3) is 0 Å². The largest absolute Gasteiger partial charge is 0.386 e. The van der Waals surface area contributed by atoms with Crippen LogP contribution in [-0.4, -0.2) is 39.6 Å². The van der Waals surface area contributed by atoms with E-state index in [-0.39, 0.29) is 24.6 Å². The molecule has 1 heterocycles. The number of anilines is 1. The fraction of sp³-hybridized carbons (Fsp3) is 0.333. The maximum absolute atomic E-state index is 11.7. The molecule has 0 spiro atoms. The van der Waals surface area contributed by atoms with Gasteiger partial charge in [0, 0.05) is 14.2 Å². The quantitative estimate of drug-likeness (QED) is 0.442. The molecule has 0 saturated heterocycles. The fourth-order valence-electron chi connectivity index (χ4n) is 1.87. The Hall–Kier alpha value is -1.92. The first-order chi connectivity index (χ1) is 8.69. The van der Waals surface area contributed by atoms with E-state index in [0.29, 0.717) is 5.69 Å². The molecule has 0 atom stereocenters. The summed E-state index contributed by atoms with van der Waals surface area (Å²) in [5.41, 5.74) is 1.10. The highest BCUT2D eigenvalue weighted by Crippen LogP contribution is 2.29. The number of carbonyl (C=O) groups is 2. The minimum absolute atomic E-state index is 0.242. The monoisotopic (exact) mass is 251 g/mol. The molecule has 1 aliphatic rings. The van der Waals surface area contributed by atoms with Gasteiger partial charge in [0.15, 0.2) is 0 Å². The molecule has 1 aromatic carbocycles. The first kappa shape index (κ1) is 12.5. The molecule has 2 rings (SSSR count). The Kier molecular flexibility index (Phi) is 3.59. The summed E-state index contributed by atoms with van der Waals surface area (Å²) >= 11 is 0. The van der Waals surface area contributed by atoms with E-state index < -0.39 is 11.9 Å². The van der Waals surface area contributed by atoms with Gasteiger partial charge < -0.3 is 19.1 Å². The van der Waals surface area contributed by atoms with E-state index in [4.69, 9.17) is 9.47 Å². The van der Waals surface area contributed by atoms with Gasteiger partial charge in [-0.1, -0.05) is 6.07 Å². The third-order valence-corrected chi connectivity index (χ3v) is 2.56. The zero-order valence-electron chi connectivity index (χ0n) is 10.1. The average molecular weight is 251 g/mol. The highest BCUT2D eigenvalue weighted by molar-refractivity contribution is 6.17. The van der Waals surface area contributed by atoms with Gasteiger partial charge in [-0.15, -0.1) is 0 Å². The van der Waals surface area contributed by atoms with Crippen LogP contribution in [0.5, 0.6) is 0 Å². The Morgan fingerprint density at radius 2 is 1.78 bits per heavy atom. The van der Waals surface area contributed by atoms with E-state index in [9.17, 15) is 9.59 Å². The van der Waals surface area contributed by atoms with E-state index in [2.05, 4.69) is 4.74 Å². The van der Waals surface area contributed by atoms with Crippen LogP contribution >= 0.6 is 0 Å². The SMILES string of the molecule is COCN(COC)c1cccc2c1C(=O)OC2=O. The maximum atomic E-state index is 11.7. The molecule has 96 valence electrons. The normalized spacial score (nSPS) is 13.4. The second kappa shape index (κ2) is 5.16. The zero-order chi connectivity index (χ0) is 13.1. The molecule has 6 nitrogen and oxygen atoms in total. The highest BCUT2D eigenvalue weighted by atomic mass is 16.6. The van der Waals surface area contributed by atoms with Crippen molar-refractivity contribution in [1.82, 2.24) is 0 Å². The number of ether oxygens (including phenoxy) is 3. The van der Waals surface area contributed by atoms with Crippen LogP contribution in [0.4, 0.5) is 5.69 Å². The Balaban J connectivity index is 2.45. The maximum Gasteiger partial charge on any atom is 0.349 e. The van der Waals surface area contributed by atoms with Gasteiger partial charge in [-0.3, -0.25) is 0 Å². The molecule has 0 fully saturated rings. The molecule has 1 aromatic rings. The molecular weight excluding hydrogens is 238 g/mol. The Bertz CT molecular complexity index is 479. The molecule has 0 N–H and O–H groups in total. The third kappa shape index (κ3) is 2.07. The van der Waals surface area contributed by atoms with Gasteiger partial charge in [0.1, 0.15) is 13.5 Å². The lowest BCUT2D eigenvalue weighted by Gasteiger charge is -2.23. The van der Waals surface area contributed by atoms with Crippen LogP contribution in [0.3, 0.4) is 0 Å². The van der Waals surface area contributed by atoms with Crippen LogP contribution in [0.1, 0.15) is 20.7 Å². The third-order valence-electron chi connectivity index (χ3n) is 2.56. The molecule has 0 aliphatic carbocycles. The summed E-state index contributed by atoms with van der Waals surface area (Å²) in [4.78, 5) is 24.8. The van der Waals surface area contributed by atoms with Gasteiger partial charge >= 0.3 is 11.9 Å². The van der Waals surface area contributed by atoms with Crippen molar-refractivity contribution in [2.75, 3.05) is 32.6 Å². The van der Waals surface area contributed by atoms with Gasteiger partial charge in [0.2, 0.25) is 0 Å². The Morgan fingerprint density at radius 1 is 1.11 bits per heavy atom. The van der Waals surface area contributed by atoms with Gasteiger partial charge in [0.05, 0.1) is 16.8 Å². The summed E-state index contributed by atoms with van der Waals surface area (Å²) in [6, 6.07) is 4.97. The number of methoxy groups -OCH3 is 2. The summed E-state index contributed by atoms with van der Waals surface area (Å²) in [5, 5.41) is 0. The summed E-state index contributed by atoms with van der Waals surface area (Å²) in [7, 11) is 3.07. The molecule has 0 bridgehead atoms. The zero-order valence-corrected chi connectivity index (χ0v) is 10.1. The molecule has 0 radical (unpaired) electrons. The van der Waals surface area contributed by atoms with Crippen molar-refractivity contribution in [3.8, 4) is 0 Å². The number of rotatable bonds is 5. The molecule has 6 heteroatoms. The topological polar surface area (TPSA) is 65.1 Å². The molecule has 0 saturated carbocycles. The number of cyclic esters (lactones) is 2. The smallest absolute Gasteiger partial charge is 0.349 e. The van der Waals surface area contributed by atoms with E-state index in [1.807, 2.05) is 0 Å². The molecule has 0 aromatic heterocycles.